The monoisotopic (exact) mass is 236 g/mol. The van der Waals surface area contributed by atoms with Crippen molar-refractivity contribution in [2.24, 2.45) is 0 Å². The second-order valence-corrected chi connectivity index (χ2v) is 4.84. The van der Waals surface area contributed by atoms with Gasteiger partial charge in [-0.25, -0.2) is 4.39 Å². The largest absolute Gasteiger partial charge is 0.399 e. The van der Waals surface area contributed by atoms with Gasteiger partial charge in [-0.3, -0.25) is 0 Å². The molecular weight excluding hydrogens is 219 g/mol. The Kier molecular flexibility index (Phi) is 2.67. The van der Waals surface area contributed by atoms with Crippen LogP contribution in [0.3, 0.4) is 0 Å². The molecule has 2 N–H and O–H groups in total. The van der Waals surface area contributed by atoms with Crippen LogP contribution in [0.25, 0.3) is 0 Å². The summed E-state index contributed by atoms with van der Waals surface area (Å²) in [6, 6.07) is 5.17. The molecule has 2 atom stereocenters. The molecule has 0 bridgehead atoms. The summed E-state index contributed by atoms with van der Waals surface area (Å²) in [4.78, 5) is 2.25. The van der Waals surface area contributed by atoms with Crippen LogP contribution < -0.4 is 10.6 Å². The van der Waals surface area contributed by atoms with Crippen LogP contribution in [0, 0.1) is 5.82 Å². The lowest BCUT2D eigenvalue weighted by Gasteiger charge is -2.39. The van der Waals surface area contributed by atoms with Crippen molar-refractivity contribution >= 4 is 11.4 Å². The number of ether oxygens (including phenoxy) is 1. The third-order valence-electron chi connectivity index (χ3n) is 3.72. The number of anilines is 2. The molecule has 1 aromatic carbocycles. The van der Waals surface area contributed by atoms with Crippen LogP contribution >= 0.6 is 0 Å². The van der Waals surface area contributed by atoms with E-state index in [1.54, 1.807) is 6.07 Å². The molecule has 3 nitrogen and oxygen atoms in total. The zero-order chi connectivity index (χ0) is 11.8. The topological polar surface area (TPSA) is 38.5 Å². The average molecular weight is 236 g/mol. The zero-order valence-electron chi connectivity index (χ0n) is 9.73. The molecule has 0 amide bonds. The highest BCUT2D eigenvalue weighted by Crippen LogP contribution is 2.33. The number of halogens is 1. The maximum Gasteiger partial charge on any atom is 0.127 e. The Morgan fingerprint density at radius 3 is 3.00 bits per heavy atom. The van der Waals surface area contributed by atoms with Crippen molar-refractivity contribution < 1.29 is 9.13 Å². The Morgan fingerprint density at radius 1 is 1.29 bits per heavy atom. The molecule has 0 radical (unpaired) electrons. The van der Waals surface area contributed by atoms with Crippen molar-refractivity contribution in [1.29, 1.82) is 0 Å². The summed E-state index contributed by atoms with van der Waals surface area (Å²) in [5, 5.41) is 0. The molecule has 2 unspecified atom stereocenters. The molecule has 1 aliphatic heterocycles. The number of hydrogen-bond acceptors (Lipinski definition) is 3. The van der Waals surface area contributed by atoms with Gasteiger partial charge in [0.25, 0.3) is 0 Å². The third kappa shape index (κ3) is 1.97. The minimum atomic E-state index is -0.263. The number of nitrogens with two attached hydrogens (primary N) is 1. The molecule has 1 aromatic rings. The van der Waals surface area contributed by atoms with Gasteiger partial charge in [0, 0.05) is 17.9 Å². The predicted octanol–water partition coefficient (Wildman–Crippen LogP) is 2.17. The van der Waals surface area contributed by atoms with Crippen molar-refractivity contribution in [3.05, 3.63) is 24.0 Å². The van der Waals surface area contributed by atoms with Crippen LogP contribution in [0.1, 0.15) is 19.3 Å². The van der Waals surface area contributed by atoms with Crippen LogP contribution in [-0.4, -0.2) is 25.3 Å². The van der Waals surface area contributed by atoms with Crippen molar-refractivity contribution in [2.45, 2.75) is 31.4 Å². The van der Waals surface area contributed by atoms with E-state index in [1.807, 2.05) is 6.07 Å². The molecule has 1 aliphatic carbocycles. The van der Waals surface area contributed by atoms with Gasteiger partial charge in [-0.1, -0.05) is 0 Å². The quantitative estimate of drug-likeness (QED) is 0.759. The van der Waals surface area contributed by atoms with Crippen LogP contribution in [0.15, 0.2) is 18.2 Å². The van der Waals surface area contributed by atoms with Crippen LogP contribution in [0.5, 0.6) is 0 Å². The first-order chi connectivity index (χ1) is 8.24. The molecule has 1 saturated carbocycles. The molecule has 92 valence electrons. The fraction of sp³-hybridized carbons (Fsp3) is 0.538. The first-order valence-corrected chi connectivity index (χ1v) is 6.18. The molecule has 1 heterocycles. The SMILES string of the molecule is Nc1cc(F)cc(N2CCOC3CCCC32)c1. The number of fused-ring (bicyclic) bond motifs is 1. The Balaban J connectivity index is 1.91. The maximum absolute atomic E-state index is 13.4. The highest BCUT2D eigenvalue weighted by atomic mass is 19.1. The van der Waals surface area contributed by atoms with Gasteiger partial charge in [-0.05, 0) is 37.5 Å². The molecule has 4 heteroatoms. The lowest BCUT2D eigenvalue weighted by molar-refractivity contribution is 0.0256. The van der Waals surface area contributed by atoms with Gasteiger partial charge in [0.15, 0.2) is 0 Å². The van der Waals surface area contributed by atoms with Crippen LogP contribution in [-0.2, 0) is 4.74 Å². The standard InChI is InChI=1S/C13H17FN2O/c14-9-6-10(15)8-11(7-9)16-4-5-17-13-3-1-2-12(13)16/h6-8,12-13H,1-5,15H2. The molecular formula is C13H17FN2O. The van der Waals surface area contributed by atoms with Gasteiger partial charge in [-0.15, -0.1) is 0 Å². The summed E-state index contributed by atoms with van der Waals surface area (Å²) in [6.07, 6.45) is 3.75. The summed E-state index contributed by atoms with van der Waals surface area (Å²) in [6.45, 7) is 1.54. The lowest BCUT2D eigenvalue weighted by atomic mass is 10.1. The fourth-order valence-electron chi connectivity index (χ4n) is 3.01. The molecule has 17 heavy (non-hydrogen) atoms. The summed E-state index contributed by atoms with van der Waals surface area (Å²) < 4.78 is 19.1. The normalized spacial score (nSPS) is 28.2. The number of nitrogen functional groups attached to an aromatic ring is 1. The predicted molar refractivity (Wildman–Crippen MR) is 65.5 cm³/mol. The Bertz CT molecular complexity index is 404. The average Bonchev–Trinajstić information content (AvgIpc) is 2.75. The summed E-state index contributed by atoms with van der Waals surface area (Å²) in [5.41, 5.74) is 7.08. The first kappa shape index (κ1) is 10.8. The van der Waals surface area contributed by atoms with Crippen LogP contribution in [0.4, 0.5) is 15.8 Å². The molecule has 2 fully saturated rings. The van der Waals surface area contributed by atoms with Gasteiger partial charge in [-0.2, -0.15) is 0 Å². The van der Waals surface area contributed by atoms with Crippen LogP contribution in [0.2, 0.25) is 0 Å². The Labute approximate surface area is 100 Å². The molecule has 0 spiro atoms. The second kappa shape index (κ2) is 4.18. The highest BCUT2D eigenvalue weighted by Gasteiger charge is 2.36. The first-order valence-electron chi connectivity index (χ1n) is 6.18. The van der Waals surface area contributed by atoms with Gasteiger partial charge in [0.1, 0.15) is 5.82 Å². The minimum Gasteiger partial charge on any atom is -0.399 e. The van der Waals surface area contributed by atoms with E-state index >= 15 is 0 Å². The number of morpholine rings is 1. The van der Waals surface area contributed by atoms with Crippen molar-refractivity contribution in [1.82, 2.24) is 0 Å². The van der Waals surface area contributed by atoms with Crippen molar-refractivity contribution in [2.75, 3.05) is 23.8 Å². The van der Waals surface area contributed by atoms with Gasteiger partial charge < -0.3 is 15.4 Å². The number of hydrogen-bond donors (Lipinski definition) is 1. The fourth-order valence-corrected chi connectivity index (χ4v) is 3.01. The number of benzene rings is 1. The summed E-state index contributed by atoms with van der Waals surface area (Å²) in [5.74, 6) is -0.263. The van der Waals surface area contributed by atoms with E-state index in [1.165, 1.54) is 12.5 Å². The Hall–Kier alpha value is -1.29. The zero-order valence-corrected chi connectivity index (χ0v) is 9.73. The minimum absolute atomic E-state index is 0.263. The van der Waals surface area contributed by atoms with E-state index in [0.29, 0.717) is 17.8 Å². The number of nitrogens with zero attached hydrogens (tertiary/aromatic N) is 1. The smallest absolute Gasteiger partial charge is 0.127 e. The van der Waals surface area contributed by atoms with E-state index in [0.717, 1.165) is 31.7 Å². The summed E-state index contributed by atoms with van der Waals surface area (Å²) >= 11 is 0. The number of rotatable bonds is 1. The van der Waals surface area contributed by atoms with E-state index < -0.39 is 0 Å². The lowest BCUT2D eigenvalue weighted by Crippen LogP contribution is -2.48. The Morgan fingerprint density at radius 2 is 2.18 bits per heavy atom. The third-order valence-corrected chi connectivity index (χ3v) is 3.72. The second-order valence-electron chi connectivity index (χ2n) is 4.84. The van der Waals surface area contributed by atoms with E-state index in [4.69, 9.17) is 10.5 Å². The molecule has 3 rings (SSSR count). The highest BCUT2D eigenvalue weighted by molar-refractivity contribution is 5.57. The molecule has 2 aliphatic rings. The van der Waals surface area contributed by atoms with E-state index in [-0.39, 0.29) is 5.82 Å². The van der Waals surface area contributed by atoms with Gasteiger partial charge in [0.05, 0.1) is 18.8 Å². The van der Waals surface area contributed by atoms with Gasteiger partial charge in [0.2, 0.25) is 0 Å². The van der Waals surface area contributed by atoms with Gasteiger partial charge >= 0.3 is 0 Å². The molecule has 1 saturated heterocycles. The molecule has 0 aromatic heterocycles. The van der Waals surface area contributed by atoms with Crippen molar-refractivity contribution in [3.63, 3.8) is 0 Å². The van der Waals surface area contributed by atoms with Crippen molar-refractivity contribution in [3.8, 4) is 0 Å². The van der Waals surface area contributed by atoms with E-state index in [2.05, 4.69) is 4.90 Å². The maximum atomic E-state index is 13.4. The van der Waals surface area contributed by atoms with E-state index in [9.17, 15) is 4.39 Å². The summed E-state index contributed by atoms with van der Waals surface area (Å²) in [7, 11) is 0.